The monoisotopic (exact) mass is 128 g/mol. The fraction of sp³-hybridized carbons (Fsp3) is 0.500. The summed E-state index contributed by atoms with van der Waals surface area (Å²) in [4.78, 5) is 7.11. The molecule has 0 amide bonds. The molecule has 0 aromatic heterocycles. The molecule has 0 unspecified atom stereocenters. The van der Waals surface area contributed by atoms with Crippen molar-refractivity contribution in [3.8, 4) is 0 Å². The molecule has 0 bridgehead atoms. The standard InChI is InChI=1S/C4H10N5/c1-7-3(5)9-4(6)8-2/h1-2H3,(H4-,5,6,7,8,9)/q-1. The van der Waals surface area contributed by atoms with Gasteiger partial charge in [0.25, 0.3) is 0 Å². The van der Waals surface area contributed by atoms with E-state index in [2.05, 4.69) is 15.3 Å². The van der Waals surface area contributed by atoms with Crippen LogP contribution in [0.5, 0.6) is 0 Å². The fourth-order valence-corrected chi connectivity index (χ4v) is 0.217. The lowest BCUT2D eigenvalue weighted by molar-refractivity contribution is 1.34. The van der Waals surface area contributed by atoms with Gasteiger partial charge in [0.2, 0.25) is 0 Å². The Morgan fingerprint density at radius 3 is 2.33 bits per heavy atom. The SMILES string of the molecule is CN=C(N)N=C(N)[N-]C. The zero-order valence-corrected chi connectivity index (χ0v) is 5.50. The molecule has 0 aromatic rings. The Labute approximate surface area is 53.9 Å². The van der Waals surface area contributed by atoms with Crippen LogP contribution >= 0.6 is 0 Å². The predicted octanol–water partition coefficient (Wildman–Crippen LogP) is -0.751. The molecule has 0 aliphatic rings. The van der Waals surface area contributed by atoms with Gasteiger partial charge >= 0.3 is 0 Å². The lowest BCUT2D eigenvalue weighted by atomic mass is 10.9. The van der Waals surface area contributed by atoms with Crippen LogP contribution in [0.2, 0.25) is 0 Å². The van der Waals surface area contributed by atoms with Crippen molar-refractivity contribution >= 4 is 11.9 Å². The number of hydrogen-bond donors (Lipinski definition) is 2. The molecule has 9 heavy (non-hydrogen) atoms. The van der Waals surface area contributed by atoms with Gasteiger partial charge in [-0.3, -0.25) is 4.99 Å². The van der Waals surface area contributed by atoms with E-state index in [1.165, 1.54) is 14.1 Å². The Kier molecular flexibility index (Phi) is 3.19. The molecule has 0 aliphatic heterocycles. The van der Waals surface area contributed by atoms with Crippen LogP contribution < -0.4 is 11.5 Å². The lowest BCUT2D eigenvalue weighted by Gasteiger charge is -2.05. The average molecular weight is 128 g/mol. The van der Waals surface area contributed by atoms with Crippen molar-refractivity contribution in [3.63, 3.8) is 0 Å². The van der Waals surface area contributed by atoms with Gasteiger partial charge in [-0.25, -0.2) is 0 Å². The lowest BCUT2D eigenvalue weighted by Crippen LogP contribution is -2.16. The van der Waals surface area contributed by atoms with E-state index >= 15 is 0 Å². The van der Waals surface area contributed by atoms with E-state index in [4.69, 9.17) is 11.5 Å². The second kappa shape index (κ2) is 3.71. The van der Waals surface area contributed by atoms with Gasteiger partial charge < -0.3 is 21.8 Å². The Hall–Kier alpha value is -1.26. The molecule has 0 spiro atoms. The van der Waals surface area contributed by atoms with E-state index in [1.807, 2.05) is 0 Å². The first-order valence-corrected chi connectivity index (χ1v) is 2.37. The van der Waals surface area contributed by atoms with Gasteiger partial charge in [0.1, 0.15) is 5.96 Å². The van der Waals surface area contributed by atoms with Gasteiger partial charge in [-0.1, -0.05) is 0 Å². The average Bonchev–Trinajstić information content (AvgIpc) is 1.87. The summed E-state index contributed by atoms with van der Waals surface area (Å²) in [5.41, 5.74) is 10.3. The normalized spacial score (nSPS) is 13.6. The highest BCUT2D eigenvalue weighted by atomic mass is 15.1. The molecule has 0 rings (SSSR count). The molecular formula is C4H10N5-. The molecule has 5 heteroatoms. The van der Waals surface area contributed by atoms with Crippen LogP contribution in [-0.4, -0.2) is 26.0 Å². The van der Waals surface area contributed by atoms with Gasteiger partial charge in [-0.05, 0) is 7.05 Å². The van der Waals surface area contributed by atoms with Crippen LogP contribution in [0.4, 0.5) is 0 Å². The van der Waals surface area contributed by atoms with E-state index in [9.17, 15) is 0 Å². The fourth-order valence-electron chi connectivity index (χ4n) is 0.217. The van der Waals surface area contributed by atoms with Crippen molar-refractivity contribution in [2.45, 2.75) is 0 Å². The topological polar surface area (TPSA) is 90.9 Å². The van der Waals surface area contributed by atoms with Crippen molar-refractivity contribution in [1.82, 2.24) is 0 Å². The zero-order valence-electron chi connectivity index (χ0n) is 5.50. The van der Waals surface area contributed by atoms with Crippen LogP contribution in [0, 0.1) is 0 Å². The Morgan fingerprint density at radius 1 is 1.44 bits per heavy atom. The minimum Gasteiger partial charge on any atom is -0.453 e. The van der Waals surface area contributed by atoms with Crippen LogP contribution in [0.1, 0.15) is 0 Å². The van der Waals surface area contributed by atoms with Crippen molar-refractivity contribution in [1.29, 1.82) is 0 Å². The third-order valence-electron chi connectivity index (χ3n) is 0.687. The van der Waals surface area contributed by atoms with Gasteiger partial charge in [0, 0.05) is 13.0 Å². The molecule has 0 saturated heterocycles. The summed E-state index contributed by atoms with van der Waals surface area (Å²) in [6, 6.07) is 0. The van der Waals surface area contributed by atoms with E-state index < -0.39 is 0 Å². The molecule has 0 atom stereocenters. The maximum Gasteiger partial charge on any atom is 0.142 e. The first kappa shape index (κ1) is 7.74. The molecule has 0 saturated carbocycles. The second-order valence-corrected chi connectivity index (χ2v) is 1.28. The first-order chi connectivity index (χ1) is 4.20. The minimum atomic E-state index is 0.137. The van der Waals surface area contributed by atoms with E-state index in [1.54, 1.807) is 0 Å². The Morgan fingerprint density at radius 2 is 2.00 bits per heavy atom. The van der Waals surface area contributed by atoms with Crippen LogP contribution in [0.25, 0.3) is 5.32 Å². The third-order valence-corrected chi connectivity index (χ3v) is 0.687. The van der Waals surface area contributed by atoms with Crippen LogP contribution in [0.3, 0.4) is 0 Å². The number of hydrogen-bond acceptors (Lipinski definition) is 1. The molecule has 0 fully saturated rings. The number of nitrogens with zero attached hydrogens (tertiary/aromatic N) is 3. The smallest absolute Gasteiger partial charge is 0.142 e. The first-order valence-electron chi connectivity index (χ1n) is 2.37. The summed E-state index contributed by atoms with van der Waals surface area (Å²) < 4.78 is 0. The molecule has 0 aliphatic carbocycles. The maximum atomic E-state index is 5.17. The summed E-state index contributed by atoms with van der Waals surface area (Å²) >= 11 is 0. The summed E-state index contributed by atoms with van der Waals surface area (Å²) in [7, 11) is 3.06. The van der Waals surface area contributed by atoms with Gasteiger partial charge in [0.15, 0.2) is 0 Å². The summed E-state index contributed by atoms with van der Waals surface area (Å²) in [5.74, 6) is 0.274. The van der Waals surface area contributed by atoms with Crippen LogP contribution in [-0.2, 0) is 0 Å². The number of guanidine groups is 2. The molecule has 5 nitrogen and oxygen atoms in total. The summed E-state index contributed by atoms with van der Waals surface area (Å²) in [5, 5.41) is 3.54. The highest BCUT2D eigenvalue weighted by Crippen LogP contribution is 1.77. The van der Waals surface area contributed by atoms with Crippen LogP contribution in [0.15, 0.2) is 9.98 Å². The highest BCUT2D eigenvalue weighted by Gasteiger charge is 1.75. The molecular weight excluding hydrogens is 118 g/mol. The third kappa shape index (κ3) is 3.33. The van der Waals surface area contributed by atoms with Crippen molar-refractivity contribution in [2.24, 2.45) is 21.5 Å². The van der Waals surface area contributed by atoms with Gasteiger partial charge in [0.05, 0.1) is 0 Å². The predicted molar refractivity (Wildman–Crippen MR) is 38.5 cm³/mol. The minimum absolute atomic E-state index is 0.137. The Bertz CT molecular complexity index is 136. The quantitative estimate of drug-likeness (QED) is 0.332. The molecule has 0 radical (unpaired) electrons. The molecule has 0 heterocycles. The van der Waals surface area contributed by atoms with E-state index in [0.717, 1.165) is 0 Å². The van der Waals surface area contributed by atoms with E-state index in [0.29, 0.717) is 0 Å². The molecule has 52 valence electrons. The van der Waals surface area contributed by atoms with Crippen molar-refractivity contribution < 1.29 is 0 Å². The van der Waals surface area contributed by atoms with E-state index in [-0.39, 0.29) is 11.9 Å². The Balaban J connectivity index is 3.95. The van der Waals surface area contributed by atoms with Crippen molar-refractivity contribution in [2.75, 3.05) is 14.1 Å². The van der Waals surface area contributed by atoms with Gasteiger partial charge in [-0.15, -0.1) is 0 Å². The van der Waals surface area contributed by atoms with Crippen molar-refractivity contribution in [3.05, 3.63) is 5.32 Å². The maximum absolute atomic E-state index is 5.17. The highest BCUT2D eigenvalue weighted by molar-refractivity contribution is 5.99. The summed E-state index contributed by atoms with van der Waals surface area (Å²) in [6.07, 6.45) is 0. The number of nitrogens with two attached hydrogens (primary N) is 2. The van der Waals surface area contributed by atoms with Gasteiger partial charge in [-0.2, -0.15) is 0 Å². The summed E-state index contributed by atoms with van der Waals surface area (Å²) in [6.45, 7) is 0. The molecule has 4 N–H and O–H groups in total. The number of aliphatic imine (C=N–C) groups is 2. The zero-order chi connectivity index (χ0) is 7.28. The largest absolute Gasteiger partial charge is 0.453 e. The molecule has 0 aromatic carbocycles. The number of rotatable bonds is 0. The second-order valence-electron chi connectivity index (χ2n) is 1.28.